The zero-order chi connectivity index (χ0) is 9.56. The van der Waals surface area contributed by atoms with E-state index in [1.807, 2.05) is 0 Å². The van der Waals surface area contributed by atoms with Crippen LogP contribution < -0.4 is 0 Å². The molecule has 0 saturated carbocycles. The second-order valence-electron chi connectivity index (χ2n) is 4.24. The molecule has 0 aromatic rings. The summed E-state index contributed by atoms with van der Waals surface area (Å²) in [4.78, 5) is 0. The molecule has 0 unspecified atom stereocenters. The molecule has 0 atom stereocenters. The fourth-order valence-corrected chi connectivity index (χ4v) is 2.97. The van der Waals surface area contributed by atoms with Crippen molar-refractivity contribution in [3.63, 3.8) is 0 Å². The molecule has 0 N–H and O–H groups in total. The van der Waals surface area contributed by atoms with E-state index in [2.05, 4.69) is 43.5 Å². The number of hydrogen-bond donors (Lipinski definition) is 0. The molecule has 0 aliphatic rings. The average Bonchev–Trinajstić information content (AvgIpc) is 1.96. The number of rotatable bonds is 6. The Morgan fingerprint density at radius 1 is 0.917 bits per heavy atom. The van der Waals surface area contributed by atoms with Crippen molar-refractivity contribution < 1.29 is 11.7 Å². The van der Waals surface area contributed by atoms with E-state index in [1.54, 1.807) is 0 Å². The Bertz CT molecular complexity index is 90.0. The second kappa shape index (κ2) is 7.51. The predicted molar refractivity (Wildman–Crippen MR) is 54.3 cm³/mol. The molecule has 0 bridgehead atoms. The maximum absolute atomic E-state index is 2.41. The van der Waals surface area contributed by atoms with Crippen molar-refractivity contribution in [2.75, 3.05) is 0 Å². The van der Waals surface area contributed by atoms with Crippen LogP contribution in [-0.2, 0) is 11.7 Å². The van der Waals surface area contributed by atoms with Gasteiger partial charge in [0.2, 0.25) is 0 Å². The predicted octanol–water partition coefficient (Wildman–Crippen LogP) is 3.62. The Kier molecular flexibility index (Phi) is 8.21. The molecule has 0 saturated heterocycles. The van der Waals surface area contributed by atoms with E-state index in [-0.39, 0.29) is 0 Å². The van der Waals surface area contributed by atoms with Crippen LogP contribution in [0.1, 0.15) is 40.5 Å². The first kappa shape index (κ1) is 13.1. The first-order chi connectivity index (χ1) is 5.52. The van der Waals surface area contributed by atoms with Crippen molar-refractivity contribution in [1.29, 1.82) is 0 Å². The molecular weight excluding hydrogens is 191 g/mol. The Hall–Kier alpha value is 1.12. The van der Waals surface area contributed by atoms with E-state index in [0.717, 1.165) is 23.5 Å². The van der Waals surface area contributed by atoms with Gasteiger partial charge in [-0.1, -0.05) is 0 Å². The van der Waals surface area contributed by atoms with Crippen molar-refractivity contribution in [3.05, 3.63) is 0 Å². The van der Waals surface area contributed by atoms with Gasteiger partial charge in [-0.3, -0.25) is 0 Å². The fraction of sp³-hybridized carbons (Fsp3) is 1.00. The number of hydrogen-bond acceptors (Lipinski definition) is 0. The molecule has 0 heterocycles. The molecule has 0 amide bonds. The fourth-order valence-electron chi connectivity index (χ4n) is 0.721. The van der Waals surface area contributed by atoms with Crippen LogP contribution in [0, 0.1) is 11.8 Å². The van der Waals surface area contributed by atoms with Crippen molar-refractivity contribution in [2.24, 2.45) is 11.8 Å². The van der Waals surface area contributed by atoms with Gasteiger partial charge in [0, 0.05) is 0 Å². The van der Waals surface area contributed by atoms with E-state index >= 15 is 0 Å². The van der Waals surface area contributed by atoms with E-state index in [0.29, 0.717) is 0 Å². The summed E-state index contributed by atoms with van der Waals surface area (Å²) in [5, 5.41) is 2.88. The molecular formula is C10H22CuLi. The Balaban J connectivity index is 3.27. The Labute approximate surface area is 90.3 Å². The SMILES string of the molecule is [Li][Cu]([CH2]CC(C)C)[CH2]CC(C)C. The third-order valence-corrected chi connectivity index (χ3v) is 3.99. The monoisotopic (exact) mass is 212 g/mol. The van der Waals surface area contributed by atoms with E-state index in [9.17, 15) is 0 Å². The van der Waals surface area contributed by atoms with Crippen LogP contribution in [0.25, 0.3) is 0 Å². The molecule has 0 fully saturated rings. The van der Waals surface area contributed by atoms with Gasteiger partial charge in [0.1, 0.15) is 0 Å². The Morgan fingerprint density at radius 2 is 1.25 bits per heavy atom. The average molecular weight is 213 g/mol. The topological polar surface area (TPSA) is 0 Å². The molecule has 0 nitrogen and oxygen atoms in total. The summed E-state index contributed by atoms with van der Waals surface area (Å²) in [6.45, 7) is 9.27. The summed E-state index contributed by atoms with van der Waals surface area (Å²) in [6.07, 6.45) is 2.82. The molecule has 74 valence electrons. The molecule has 0 spiro atoms. The third-order valence-electron chi connectivity index (χ3n) is 1.84. The summed E-state index contributed by atoms with van der Waals surface area (Å²) in [7, 11) is 0. The standard InChI is InChI=1S/2C5H11.Cu.Li/c2*1-4-5(2)3;;/h2*5H,1,4H2,2-3H3;;. The van der Waals surface area contributed by atoms with Gasteiger partial charge in [0.25, 0.3) is 0 Å². The van der Waals surface area contributed by atoms with Crippen LogP contribution in [-0.4, -0.2) is 15.8 Å². The van der Waals surface area contributed by atoms with E-state index in [4.69, 9.17) is 0 Å². The van der Waals surface area contributed by atoms with Gasteiger partial charge in [0.05, 0.1) is 0 Å². The molecule has 2 heteroatoms. The summed E-state index contributed by atoms with van der Waals surface area (Å²) in [6, 6.07) is 0. The van der Waals surface area contributed by atoms with Crippen molar-refractivity contribution in [2.45, 2.75) is 51.2 Å². The van der Waals surface area contributed by atoms with Crippen LogP contribution in [0.2, 0.25) is 10.6 Å². The van der Waals surface area contributed by atoms with Gasteiger partial charge in [0.15, 0.2) is 0 Å². The van der Waals surface area contributed by atoms with Crippen LogP contribution in [0.4, 0.5) is 0 Å². The molecule has 0 aromatic carbocycles. The maximum atomic E-state index is 2.41. The van der Waals surface area contributed by atoms with Gasteiger partial charge in [-0.15, -0.1) is 0 Å². The van der Waals surface area contributed by atoms with Gasteiger partial charge >= 0.3 is 90.5 Å². The first-order valence-corrected chi connectivity index (χ1v) is 7.13. The van der Waals surface area contributed by atoms with Crippen molar-refractivity contribution in [3.8, 4) is 0 Å². The van der Waals surface area contributed by atoms with E-state index < -0.39 is 0 Å². The molecule has 12 heavy (non-hydrogen) atoms. The van der Waals surface area contributed by atoms with Crippen molar-refractivity contribution in [1.82, 2.24) is 0 Å². The minimum atomic E-state index is 0.752. The van der Waals surface area contributed by atoms with Gasteiger partial charge < -0.3 is 0 Å². The summed E-state index contributed by atoms with van der Waals surface area (Å²) in [5.41, 5.74) is 0. The molecule has 0 radical (unpaired) electrons. The van der Waals surface area contributed by atoms with Crippen LogP contribution in [0.5, 0.6) is 0 Å². The van der Waals surface area contributed by atoms with Crippen LogP contribution in [0.3, 0.4) is 0 Å². The van der Waals surface area contributed by atoms with Gasteiger partial charge in [-0.2, -0.15) is 0 Å². The van der Waals surface area contributed by atoms with Gasteiger partial charge in [-0.25, -0.2) is 0 Å². The quantitative estimate of drug-likeness (QED) is 0.590. The first-order valence-electron chi connectivity index (χ1n) is 4.85. The zero-order valence-electron chi connectivity index (χ0n) is 9.28. The summed E-state index contributed by atoms with van der Waals surface area (Å²) < 4.78 is 0. The molecule has 0 rings (SSSR count). The zero-order valence-corrected chi connectivity index (χ0v) is 10.2. The van der Waals surface area contributed by atoms with Crippen LogP contribution in [0.15, 0.2) is 0 Å². The summed E-state index contributed by atoms with van der Waals surface area (Å²) >= 11 is 3.17. The van der Waals surface area contributed by atoms with Gasteiger partial charge in [-0.05, 0) is 0 Å². The normalized spacial score (nSPS) is 12.8. The van der Waals surface area contributed by atoms with Crippen molar-refractivity contribution >= 4 is 15.8 Å². The second-order valence-corrected chi connectivity index (χ2v) is 6.99. The Morgan fingerprint density at radius 3 is 1.50 bits per heavy atom. The van der Waals surface area contributed by atoms with E-state index in [1.165, 1.54) is 23.5 Å². The molecule has 0 aromatic heterocycles. The minimum absolute atomic E-state index is 0.752. The molecule has 0 aliphatic carbocycles. The third kappa shape index (κ3) is 9.21. The van der Waals surface area contributed by atoms with Crippen LogP contribution >= 0.6 is 0 Å². The summed E-state index contributed by atoms with van der Waals surface area (Å²) in [5.74, 6) is 1.77. The molecule has 0 aliphatic heterocycles.